The molecule has 266 valence electrons. The van der Waals surface area contributed by atoms with Crippen LogP contribution < -0.4 is 5.56 Å². The van der Waals surface area contributed by atoms with Gasteiger partial charge >= 0.3 is 0 Å². The summed E-state index contributed by atoms with van der Waals surface area (Å²) in [6.45, 7) is 5.47. The number of hydrogen-bond donors (Lipinski definition) is 1. The Labute approximate surface area is 304 Å². The number of nitrogens with zero attached hydrogens (tertiary/aromatic N) is 7. The summed E-state index contributed by atoms with van der Waals surface area (Å²) in [5, 5.41) is 16.9. The van der Waals surface area contributed by atoms with Gasteiger partial charge in [-0.1, -0.05) is 30.3 Å². The molecule has 2 aliphatic heterocycles. The number of hydrogen-bond acceptors (Lipinski definition) is 9. The van der Waals surface area contributed by atoms with Crippen molar-refractivity contribution in [2.24, 2.45) is 5.92 Å². The Morgan fingerprint density at radius 2 is 1.79 bits per heavy atom. The molecule has 1 N–H and O–H groups in total. The van der Waals surface area contributed by atoms with Crippen LogP contribution in [-0.2, 0) is 11.3 Å². The molecule has 2 amide bonds. The highest BCUT2D eigenvalue weighted by atomic mass is 32.1. The fourth-order valence-electron chi connectivity index (χ4n) is 7.53. The molecule has 12 nitrogen and oxygen atoms in total. The van der Waals surface area contributed by atoms with Crippen molar-refractivity contribution in [3.05, 3.63) is 118 Å². The summed E-state index contributed by atoms with van der Waals surface area (Å²) in [5.41, 5.74) is 3.11. The van der Waals surface area contributed by atoms with Gasteiger partial charge in [-0.2, -0.15) is 5.10 Å². The van der Waals surface area contributed by atoms with Crippen LogP contribution in [0.15, 0.2) is 94.7 Å². The predicted octanol–water partition coefficient (Wildman–Crippen LogP) is 5.19. The van der Waals surface area contributed by atoms with Crippen LogP contribution >= 0.6 is 11.3 Å². The molecule has 2 aliphatic rings. The topological polar surface area (TPSA) is 139 Å². The number of likely N-dealkylation sites (tertiary alicyclic amines) is 2. The average molecular weight is 718 g/mol. The molecular formula is C39H39N7O5S. The van der Waals surface area contributed by atoms with Crippen molar-refractivity contribution in [2.75, 3.05) is 26.2 Å². The third-order valence-electron chi connectivity index (χ3n) is 10.5. The molecule has 0 spiro atoms. The van der Waals surface area contributed by atoms with Crippen LogP contribution in [-0.4, -0.2) is 82.6 Å². The Bertz CT molecular complexity index is 2290. The standard InChI is InChI=1S/C39H39N7O5S/c1-25-10-11-28(21-40-25)35-42-26(2)34(52-35)38(49)44-17-14-29(30(22-44)27-7-4-3-5-8-27)36(47)43-18-15-39(50,16-19-43)23-45-24-41-46-31(33-9-6-20-51-33)12-13-32(46)37(45)48/h3-13,20-21,24,29-30,50H,14-19,22-23H2,1-2H3/t29-,30+/m1/s1. The highest BCUT2D eigenvalue weighted by molar-refractivity contribution is 7.17. The van der Waals surface area contributed by atoms with Crippen LogP contribution in [0, 0.1) is 19.8 Å². The second-order valence-electron chi connectivity index (χ2n) is 13.9. The van der Waals surface area contributed by atoms with Gasteiger partial charge in [-0.15, -0.1) is 11.3 Å². The van der Waals surface area contributed by atoms with Crippen molar-refractivity contribution < 1.29 is 19.1 Å². The molecule has 2 saturated heterocycles. The molecular weight excluding hydrogens is 679 g/mol. The van der Waals surface area contributed by atoms with Gasteiger partial charge in [0.25, 0.3) is 11.5 Å². The van der Waals surface area contributed by atoms with Crippen molar-refractivity contribution >= 4 is 28.7 Å². The highest BCUT2D eigenvalue weighted by Crippen LogP contribution is 2.37. The van der Waals surface area contributed by atoms with Crippen LogP contribution in [0.4, 0.5) is 0 Å². The van der Waals surface area contributed by atoms with E-state index in [9.17, 15) is 19.5 Å². The summed E-state index contributed by atoms with van der Waals surface area (Å²) in [6, 6.07) is 20.9. The van der Waals surface area contributed by atoms with E-state index in [1.54, 1.807) is 35.2 Å². The zero-order chi connectivity index (χ0) is 36.0. The lowest BCUT2D eigenvalue weighted by atomic mass is 9.79. The molecule has 7 heterocycles. The second kappa shape index (κ2) is 13.6. The van der Waals surface area contributed by atoms with Gasteiger partial charge in [0, 0.05) is 55.5 Å². The quantitative estimate of drug-likeness (QED) is 0.238. The fraction of sp³-hybridized carbons (Fsp3) is 0.333. The summed E-state index contributed by atoms with van der Waals surface area (Å²) in [5.74, 6) is 0.0564. The van der Waals surface area contributed by atoms with E-state index in [1.807, 2.05) is 72.2 Å². The molecule has 0 saturated carbocycles. The minimum atomic E-state index is -1.17. The van der Waals surface area contributed by atoms with Crippen molar-refractivity contribution in [2.45, 2.75) is 51.2 Å². The van der Waals surface area contributed by atoms with E-state index >= 15 is 0 Å². The Morgan fingerprint density at radius 1 is 0.981 bits per heavy atom. The van der Waals surface area contributed by atoms with E-state index in [0.717, 1.165) is 21.8 Å². The molecule has 0 unspecified atom stereocenters. The third-order valence-corrected chi connectivity index (χ3v) is 11.7. The Morgan fingerprint density at radius 3 is 2.52 bits per heavy atom. The normalized spacial score (nSPS) is 18.9. The third kappa shape index (κ3) is 6.34. The van der Waals surface area contributed by atoms with E-state index in [1.165, 1.54) is 22.2 Å². The predicted molar refractivity (Wildman–Crippen MR) is 196 cm³/mol. The zero-order valence-electron chi connectivity index (χ0n) is 29.0. The zero-order valence-corrected chi connectivity index (χ0v) is 29.8. The van der Waals surface area contributed by atoms with Gasteiger partial charge in [0.15, 0.2) is 5.76 Å². The first kappa shape index (κ1) is 33.7. The molecule has 2 atom stereocenters. The minimum Gasteiger partial charge on any atom is -0.463 e. The van der Waals surface area contributed by atoms with Gasteiger partial charge in [0.2, 0.25) is 5.91 Å². The lowest BCUT2D eigenvalue weighted by Crippen LogP contribution is -2.53. The number of benzene rings is 1. The highest BCUT2D eigenvalue weighted by Gasteiger charge is 2.42. The van der Waals surface area contributed by atoms with Crippen LogP contribution in [0.1, 0.15) is 51.8 Å². The smallest absolute Gasteiger partial charge is 0.277 e. The SMILES string of the molecule is Cc1ccc(-c2nc(C)c(C(=O)N3CC[C@@H](C(=O)N4CCC(O)(Cn5cnn6c(-c7ccco7)ccc6c5=O)CC4)[C@H](c4ccccc4)C3)s2)cn1. The lowest BCUT2D eigenvalue weighted by Gasteiger charge is -2.43. The number of rotatable bonds is 7. The molecule has 13 heteroatoms. The lowest BCUT2D eigenvalue weighted by molar-refractivity contribution is -0.142. The van der Waals surface area contributed by atoms with Gasteiger partial charge < -0.3 is 19.3 Å². The minimum absolute atomic E-state index is 0.0324. The van der Waals surface area contributed by atoms with Crippen molar-refractivity contribution in [3.63, 3.8) is 0 Å². The first-order valence-electron chi connectivity index (χ1n) is 17.5. The maximum Gasteiger partial charge on any atom is 0.277 e. The number of aryl methyl sites for hydroxylation is 2. The number of fused-ring (bicyclic) bond motifs is 1. The van der Waals surface area contributed by atoms with Crippen LogP contribution in [0.3, 0.4) is 0 Å². The number of carbonyl (C=O) groups is 2. The average Bonchev–Trinajstić information content (AvgIpc) is 3.94. The van der Waals surface area contributed by atoms with E-state index in [0.29, 0.717) is 73.0 Å². The van der Waals surface area contributed by atoms with Gasteiger partial charge in [-0.25, -0.2) is 9.50 Å². The molecule has 1 aromatic carbocycles. The Hall–Kier alpha value is -5.40. The second-order valence-corrected chi connectivity index (χ2v) is 14.9. The summed E-state index contributed by atoms with van der Waals surface area (Å²) in [7, 11) is 0. The number of amides is 2. The molecule has 8 rings (SSSR count). The number of piperidine rings is 2. The van der Waals surface area contributed by atoms with Gasteiger partial charge in [0.05, 0.1) is 24.1 Å². The first-order chi connectivity index (χ1) is 25.2. The number of furan rings is 1. The van der Waals surface area contributed by atoms with Crippen LogP contribution in [0.5, 0.6) is 0 Å². The van der Waals surface area contributed by atoms with Crippen LogP contribution in [0.25, 0.3) is 27.5 Å². The molecule has 2 fully saturated rings. The fourth-order valence-corrected chi connectivity index (χ4v) is 8.56. The monoisotopic (exact) mass is 717 g/mol. The van der Waals surface area contributed by atoms with Gasteiger partial charge in [-0.05, 0) is 75.1 Å². The van der Waals surface area contributed by atoms with Crippen molar-refractivity contribution in [1.82, 2.24) is 33.9 Å². The first-order valence-corrected chi connectivity index (χ1v) is 18.4. The number of pyridine rings is 1. The molecule has 52 heavy (non-hydrogen) atoms. The van der Waals surface area contributed by atoms with E-state index in [-0.39, 0.29) is 35.8 Å². The van der Waals surface area contributed by atoms with Gasteiger partial charge in [-0.3, -0.25) is 23.9 Å². The number of carbonyl (C=O) groups excluding carboxylic acids is 2. The molecule has 0 bridgehead atoms. The summed E-state index contributed by atoms with van der Waals surface area (Å²) < 4.78 is 8.48. The number of aliphatic hydroxyl groups is 1. The summed E-state index contributed by atoms with van der Waals surface area (Å²) in [6.07, 6.45) is 5.97. The van der Waals surface area contributed by atoms with Crippen LogP contribution in [0.2, 0.25) is 0 Å². The largest absolute Gasteiger partial charge is 0.463 e. The molecule has 0 radical (unpaired) electrons. The molecule has 6 aromatic rings. The van der Waals surface area contributed by atoms with E-state index in [2.05, 4.69) is 10.1 Å². The maximum atomic E-state index is 14.2. The number of thiazole rings is 1. The maximum absolute atomic E-state index is 14.2. The van der Waals surface area contributed by atoms with Gasteiger partial charge in [0.1, 0.15) is 27.4 Å². The number of aromatic nitrogens is 5. The Balaban J connectivity index is 0.955. The van der Waals surface area contributed by atoms with E-state index in [4.69, 9.17) is 9.40 Å². The Kier molecular flexibility index (Phi) is 8.84. The summed E-state index contributed by atoms with van der Waals surface area (Å²) in [4.78, 5) is 55.0. The van der Waals surface area contributed by atoms with Crippen molar-refractivity contribution in [1.29, 1.82) is 0 Å². The van der Waals surface area contributed by atoms with E-state index < -0.39 is 5.60 Å². The molecule has 0 aliphatic carbocycles. The molecule has 5 aromatic heterocycles. The van der Waals surface area contributed by atoms with Crippen molar-refractivity contribution in [3.8, 4) is 22.0 Å². The summed E-state index contributed by atoms with van der Waals surface area (Å²) >= 11 is 1.38.